The summed E-state index contributed by atoms with van der Waals surface area (Å²) in [7, 11) is 0. The fourth-order valence-electron chi connectivity index (χ4n) is 10.1. The van der Waals surface area contributed by atoms with Gasteiger partial charge in [0, 0.05) is 66.9 Å². The molecular weight excluding hydrogens is 761 g/mol. The number of nitrogens with zero attached hydrogens (tertiary/aromatic N) is 8. The van der Waals surface area contributed by atoms with Crippen molar-refractivity contribution >= 4 is 98.3 Å². The Morgan fingerprint density at radius 3 is 1.23 bits per heavy atom. The van der Waals surface area contributed by atoms with Crippen LogP contribution in [0.25, 0.3) is 122 Å². The molecule has 14 aromatic rings. The molecule has 0 fully saturated rings. The number of rotatable bonds is 4. The highest BCUT2D eigenvalue weighted by Gasteiger charge is 2.23. The van der Waals surface area contributed by atoms with Crippen molar-refractivity contribution in [2.45, 2.75) is 0 Å². The van der Waals surface area contributed by atoms with E-state index in [0.717, 1.165) is 87.8 Å². The van der Waals surface area contributed by atoms with Crippen LogP contribution in [-0.2, 0) is 0 Å². The zero-order valence-electron chi connectivity index (χ0n) is 33.1. The predicted octanol–water partition coefficient (Wildman–Crippen LogP) is 12.8. The van der Waals surface area contributed by atoms with Gasteiger partial charge in [-0.3, -0.25) is 9.13 Å². The van der Waals surface area contributed by atoms with E-state index in [2.05, 4.69) is 200 Å². The number of para-hydroxylation sites is 6. The van der Waals surface area contributed by atoms with Gasteiger partial charge in [-0.15, -0.1) is 0 Å². The molecule has 0 aliphatic heterocycles. The molecule has 8 aromatic carbocycles. The van der Waals surface area contributed by atoms with E-state index in [4.69, 9.17) is 19.9 Å². The minimum absolute atomic E-state index is 0.545. The third-order valence-corrected chi connectivity index (χ3v) is 12.7. The summed E-state index contributed by atoms with van der Waals surface area (Å²) in [6.45, 7) is 0. The highest BCUT2D eigenvalue weighted by atomic mass is 15.2. The van der Waals surface area contributed by atoms with E-state index in [0.29, 0.717) is 17.5 Å². The van der Waals surface area contributed by atoms with Gasteiger partial charge < -0.3 is 9.13 Å². The lowest BCUT2D eigenvalue weighted by Crippen LogP contribution is -2.06. The van der Waals surface area contributed by atoms with Crippen LogP contribution in [0.3, 0.4) is 0 Å². The van der Waals surface area contributed by atoms with Gasteiger partial charge in [-0.1, -0.05) is 121 Å². The van der Waals surface area contributed by atoms with Gasteiger partial charge in [0.05, 0.1) is 49.5 Å². The first-order valence-electron chi connectivity index (χ1n) is 20.8. The van der Waals surface area contributed by atoms with Crippen molar-refractivity contribution in [2.24, 2.45) is 0 Å². The summed E-state index contributed by atoms with van der Waals surface area (Å²) in [6, 6.07) is 64.7. The van der Waals surface area contributed by atoms with Gasteiger partial charge in [0.15, 0.2) is 5.65 Å². The van der Waals surface area contributed by atoms with Crippen LogP contribution in [0.15, 0.2) is 194 Å². The number of hydrogen-bond donors (Lipinski definition) is 0. The minimum atomic E-state index is 0.545. The Balaban J connectivity index is 1.03. The van der Waals surface area contributed by atoms with E-state index in [1.807, 2.05) is 12.4 Å². The SMILES string of the molecule is c1ccc(-n2c3ccccc3c3cc4c(cc32)c2ccccc2n4-c2ncc3cnc(-n4c5ccccc5c5ccc6c7ccccc7n(-c7ccccc7)c6c54)nc3n2)cc1. The lowest BCUT2D eigenvalue weighted by molar-refractivity contribution is 0.967. The van der Waals surface area contributed by atoms with Crippen LogP contribution in [-0.4, -0.2) is 38.2 Å². The largest absolute Gasteiger partial charge is 0.309 e. The minimum Gasteiger partial charge on any atom is -0.309 e. The van der Waals surface area contributed by atoms with Gasteiger partial charge in [-0.25, -0.2) is 9.97 Å². The topological polar surface area (TPSA) is 71.3 Å². The molecule has 288 valence electrons. The van der Waals surface area contributed by atoms with Gasteiger partial charge in [0.25, 0.3) is 0 Å². The molecule has 0 bridgehead atoms. The Labute approximate surface area is 352 Å². The van der Waals surface area contributed by atoms with Gasteiger partial charge in [-0.2, -0.15) is 9.97 Å². The van der Waals surface area contributed by atoms with Crippen LogP contribution in [0.2, 0.25) is 0 Å². The number of aromatic nitrogens is 8. The Morgan fingerprint density at radius 1 is 0.290 bits per heavy atom. The Morgan fingerprint density at radius 2 is 0.677 bits per heavy atom. The monoisotopic (exact) mass is 792 g/mol. The van der Waals surface area contributed by atoms with Gasteiger partial charge in [-0.05, 0) is 60.7 Å². The summed E-state index contributed by atoms with van der Waals surface area (Å²) in [5, 5.41) is 9.99. The molecule has 14 rings (SSSR count). The Bertz CT molecular complexity index is 4150. The second-order valence-corrected chi connectivity index (χ2v) is 15.9. The first-order chi connectivity index (χ1) is 30.8. The fraction of sp³-hybridized carbons (Fsp3) is 0. The molecule has 8 heteroatoms. The van der Waals surface area contributed by atoms with Crippen LogP contribution in [0, 0.1) is 0 Å². The second-order valence-electron chi connectivity index (χ2n) is 15.9. The molecule has 0 aliphatic carbocycles. The zero-order chi connectivity index (χ0) is 40.5. The number of benzene rings is 8. The van der Waals surface area contributed by atoms with Crippen molar-refractivity contribution in [1.29, 1.82) is 0 Å². The molecular formula is C54H32N8. The standard InChI is InChI=1S/C54H32N8/c1-3-15-34(16-4-1)59-44-23-11-9-21-38(44)42-30-49-43(29-48(42)59)39-22-10-13-25-46(39)61(49)53-55-31-33-32-56-54(58-52(33)57-53)62-47-26-14-8-20-37(47)41-28-27-40-36-19-7-12-24-45(36)60(50(40)51(41)62)35-17-5-2-6-18-35/h1-32H. The molecule has 0 aliphatic rings. The maximum Gasteiger partial charge on any atom is 0.236 e. The zero-order valence-corrected chi connectivity index (χ0v) is 33.1. The summed E-state index contributed by atoms with van der Waals surface area (Å²) in [5.41, 5.74) is 11.5. The van der Waals surface area contributed by atoms with Crippen molar-refractivity contribution in [3.63, 3.8) is 0 Å². The first kappa shape index (κ1) is 33.2. The third kappa shape index (κ3) is 4.49. The van der Waals surface area contributed by atoms with Crippen molar-refractivity contribution < 1.29 is 0 Å². The second kappa shape index (κ2) is 12.5. The highest BCUT2D eigenvalue weighted by Crippen LogP contribution is 2.42. The average molecular weight is 793 g/mol. The van der Waals surface area contributed by atoms with E-state index in [1.54, 1.807) is 0 Å². The van der Waals surface area contributed by atoms with E-state index in [9.17, 15) is 0 Å². The molecule has 0 unspecified atom stereocenters. The molecule has 0 saturated carbocycles. The van der Waals surface area contributed by atoms with Crippen LogP contribution in [0.4, 0.5) is 0 Å². The van der Waals surface area contributed by atoms with E-state index in [-0.39, 0.29) is 0 Å². The number of hydrogen-bond acceptors (Lipinski definition) is 4. The summed E-state index contributed by atoms with van der Waals surface area (Å²) < 4.78 is 9.14. The first-order valence-corrected chi connectivity index (χ1v) is 20.8. The van der Waals surface area contributed by atoms with E-state index in [1.165, 1.54) is 16.2 Å². The molecule has 8 nitrogen and oxygen atoms in total. The molecule has 6 heterocycles. The smallest absolute Gasteiger partial charge is 0.236 e. The Kier molecular flexibility index (Phi) is 6.68. The van der Waals surface area contributed by atoms with Crippen molar-refractivity contribution in [2.75, 3.05) is 0 Å². The van der Waals surface area contributed by atoms with Crippen molar-refractivity contribution in [3.8, 4) is 23.3 Å². The molecule has 0 amide bonds. The molecule has 6 aromatic heterocycles. The Hall–Kier alpha value is -8.62. The third-order valence-electron chi connectivity index (χ3n) is 12.7. The molecule has 0 spiro atoms. The van der Waals surface area contributed by atoms with E-state index < -0.39 is 0 Å². The van der Waals surface area contributed by atoms with Crippen LogP contribution >= 0.6 is 0 Å². The van der Waals surface area contributed by atoms with Gasteiger partial charge >= 0.3 is 0 Å². The molecule has 0 atom stereocenters. The lowest BCUT2D eigenvalue weighted by Gasteiger charge is -2.12. The van der Waals surface area contributed by atoms with Gasteiger partial charge in [0.2, 0.25) is 11.9 Å². The fourth-order valence-corrected chi connectivity index (χ4v) is 10.1. The summed E-state index contributed by atoms with van der Waals surface area (Å²) >= 11 is 0. The summed E-state index contributed by atoms with van der Waals surface area (Å²) in [4.78, 5) is 20.7. The number of fused-ring (bicyclic) bond motifs is 14. The molecule has 62 heavy (non-hydrogen) atoms. The summed E-state index contributed by atoms with van der Waals surface area (Å²) in [5.74, 6) is 1.09. The van der Waals surface area contributed by atoms with Crippen LogP contribution in [0.5, 0.6) is 0 Å². The predicted molar refractivity (Wildman–Crippen MR) is 252 cm³/mol. The van der Waals surface area contributed by atoms with Crippen molar-refractivity contribution in [1.82, 2.24) is 38.2 Å². The normalized spacial score (nSPS) is 12.2. The summed E-state index contributed by atoms with van der Waals surface area (Å²) in [6.07, 6.45) is 3.70. The maximum absolute atomic E-state index is 5.31. The van der Waals surface area contributed by atoms with Crippen LogP contribution in [0.1, 0.15) is 0 Å². The van der Waals surface area contributed by atoms with Crippen molar-refractivity contribution in [3.05, 3.63) is 194 Å². The average Bonchev–Trinajstić information content (AvgIpc) is 4.06. The van der Waals surface area contributed by atoms with Gasteiger partial charge in [0.1, 0.15) is 0 Å². The molecule has 0 N–H and O–H groups in total. The lowest BCUT2D eigenvalue weighted by atomic mass is 10.1. The molecule has 0 radical (unpaired) electrons. The molecule has 0 saturated heterocycles. The quantitative estimate of drug-likeness (QED) is 0.178. The maximum atomic E-state index is 5.31. The highest BCUT2D eigenvalue weighted by molar-refractivity contribution is 6.24. The van der Waals surface area contributed by atoms with Crippen LogP contribution < -0.4 is 0 Å². The van der Waals surface area contributed by atoms with E-state index >= 15 is 0 Å².